The van der Waals surface area contributed by atoms with E-state index in [-0.39, 0.29) is 45.8 Å². The summed E-state index contributed by atoms with van der Waals surface area (Å²) < 4.78 is 90.5. The third-order valence-electron chi connectivity index (χ3n) is 4.94. The average Bonchev–Trinajstić information content (AvgIpc) is 2.85. The van der Waals surface area contributed by atoms with Crippen LogP contribution in [-0.2, 0) is 16.6 Å². The van der Waals surface area contributed by atoms with E-state index < -0.39 is 29.4 Å². The predicted molar refractivity (Wildman–Crippen MR) is 127 cm³/mol. The molecule has 10 nitrogen and oxygen atoms in total. The Hall–Kier alpha value is -4.18. The molecule has 0 saturated carbocycles. The van der Waals surface area contributed by atoms with Gasteiger partial charge in [-0.1, -0.05) is 12.1 Å². The minimum Gasteiger partial charge on any atom is -0.417 e. The van der Waals surface area contributed by atoms with Gasteiger partial charge in [-0.05, 0) is 35.9 Å². The summed E-state index contributed by atoms with van der Waals surface area (Å²) in [5, 5.41) is 10.2. The Morgan fingerprint density at radius 2 is 1.68 bits per heavy atom. The third kappa shape index (κ3) is 6.98. The molecule has 3 heterocycles. The van der Waals surface area contributed by atoms with E-state index in [1.807, 2.05) is 0 Å². The van der Waals surface area contributed by atoms with Crippen molar-refractivity contribution < 1.29 is 35.1 Å². The fraction of sp³-hybridized carbons (Fsp3) is 0.182. The maximum absolute atomic E-state index is 12.9. The lowest BCUT2D eigenvalue weighted by atomic mass is 10.2. The molecule has 1 aromatic carbocycles. The van der Waals surface area contributed by atoms with Crippen molar-refractivity contribution in [2.45, 2.75) is 24.2 Å². The number of hydrogen-bond acceptors (Lipinski definition) is 9. The van der Waals surface area contributed by atoms with Crippen LogP contribution in [-0.4, -0.2) is 47.7 Å². The zero-order valence-electron chi connectivity index (χ0n) is 19.1. The monoisotopic (exact) mass is 555 g/mol. The molecular formula is C22H18F5N7O3S. The van der Waals surface area contributed by atoms with Crippen molar-refractivity contribution in [3.05, 3.63) is 60.3 Å². The minimum atomic E-state index is -4.54. The molecule has 0 bridgehead atoms. The van der Waals surface area contributed by atoms with Crippen molar-refractivity contribution >= 4 is 32.8 Å². The molecule has 0 saturated heterocycles. The number of sulfonamides is 1. The first kappa shape index (κ1) is 26.9. The van der Waals surface area contributed by atoms with E-state index in [0.717, 1.165) is 0 Å². The first-order valence-corrected chi connectivity index (χ1v) is 12.2. The lowest BCUT2D eigenvalue weighted by Crippen LogP contribution is -2.22. The van der Waals surface area contributed by atoms with Gasteiger partial charge in [0.15, 0.2) is 5.82 Å². The Bertz CT molecular complexity index is 1530. The largest absolute Gasteiger partial charge is 0.417 e. The predicted octanol–water partition coefficient (Wildman–Crippen LogP) is 3.92. The van der Waals surface area contributed by atoms with Crippen LogP contribution in [0.25, 0.3) is 22.3 Å². The number of rotatable bonds is 9. The Morgan fingerprint density at radius 3 is 2.29 bits per heavy atom. The van der Waals surface area contributed by atoms with Crippen molar-refractivity contribution in [2.24, 2.45) is 5.14 Å². The second-order valence-corrected chi connectivity index (χ2v) is 9.30. The van der Waals surface area contributed by atoms with Crippen LogP contribution in [0.2, 0.25) is 0 Å². The normalized spacial score (nSPS) is 12.1. The molecule has 3 aromatic heterocycles. The highest BCUT2D eigenvalue weighted by molar-refractivity contribution is 7.89. The van der Waals surface area contributed by atoms with Crippen LogP contribution in [0, 0.1) is 0 Å². The Morgan fingerprint density at radius 1 is 0.947 bits per heavy atom. The van der Waals surface area contributed by atoms with E-state index in [2.05, 4.69) is 35.3 Å². The highest BCUT2D eigenvalue weighted by Crippen LogP contribution is 2.27. The number of pyridine rings is 2. The lowest BCUT2D eigenvalue weighted by Gasteiger charge is -2.14. The first-order valence-electron chi connectivity index (χ1n) is 10.6. The number of nitrogens with zero attached hydrogens (tertiary/aromatic N) is 4. The van der Waals surface area contributed by atoms with Gasteiger partial charge in [0.1, 0.15) is 12.1 Å². The second-order valence-electron chi connectivity index (χ2n) is 7.73. The summed E-state index contributed by atoms with van der Waals surface area (Å²) in [6.07, 6.45) is -3.31. The number of nitrogens with one attached hydrogen (secondary N) is 2. The van der Waals surface area contributed by atoms with Gasteiger partial charge in [0, 0.05) is 24.4 Å². The quantitative estimate of drug-likeness (QED) is 0.262. The standard InChI is InChI=1S/C22H18F5N7O3S/c23-20(24)37-17-8-3-13(10-29-17)15-6-7-16-18(32-15)19(31-11-22(25,26)27)34-21(33-16)30-9-12-1-4-14(5-2-12)38(28,35)36/h1-8,10,20H,9,11H2,(H2,28,35,36)(H2,30,31,33,34). The van der Waals surface area contributed by atoms with Gasteiger partial charge >= 0.3 is 12.8 Å². The zero-order valence-corrected chi connectivity index (χ0v) is 19.9. The summed E-state index contributed by atoms with van der Waals surface area (Å²) in [6.45, 7) is -4.31. The van der Waals surface area contributed by atoms with Crippen molar-refractivity contribution in [1.29, 1.82) is 0 Å². The van der Waals surface area contributed by atoms with Gasteiger partial charge in [-0.3, -0.25) is 0 Å². The number of nitrogens with two attached hydrogens (primary N) is 1. The maximum Gasteiger partial charge on any atom is 0.405 e. The minimum absolute atomic E-state index is 0.0117. The molecule has 4 rings (SSSR count). The van der Waals surface area contributed by atoms with Crippen molar-refractivity contribution in [3.63, 3.8) is 0 Å². The number of alkyl halides is 5. The summed E-state index contributed by atoms with van der Waals surface area (Å²) in [6, 6.07) is 11.3. The molecule has 0 aliphatic heterocycles. The molecule has 0 fully saturated rings. The van der Waals surface area contributed by atoms with Gasteiger partial charge < -0.3 is 15.4 Å². The van der Waals surface area contributed by atoms with E-state index in [4.69, 9.17) is 5.14 Å². The van der Waals surface area contributed by atoms with Gasteiger partial charge in [0.25, 0.3) is 0 Å². The Kier molecular flexibility index (Phi) is 7.54. The highest BCUT2D eigenvalue weighted by atomic mass is 32.2. The number of primary sulfonamides is 1. The van der Waals surface area contributed by atoms with Crippen LogP contribution in [0.4, 0.5) is 33.7 Å². The maximum atomic E-state index is 12.9. The fourth-order valence-electron chi connectivity index (χ4n) is 3.23. The summed E-state index contributed by atoms with van der Waals surface area (Å²) in [7, 11) is -3.86. The summed E-state index contributed by atoms with van der Waals surface area (Å²) in [5.41, 5.74) is 1.54. The van der Waals surface area contributed by atoms with E-state index >= 15 is 0 Å². The first-order chi connectivity index (χ1) is 17.9. The smallest absolute Gasteiger partial charge is 0.405 e. The van der Waals surface area contributed by atoms with Crippen LogP contribution < -0.4 is 20.5 Å². The molecule has 38 heavy (non-hydrogen) atoms. The fourth-order valence-corrected chi connectivity index (χ4v) is 3.75. The molecule has 16 heteroatoms. The zero-order chi connectivity index (χ0) is 27.5. The summed E-state index contributed by atoms with van der Waals surface area (Å²) >= 11 is 0. The lowest BCUT2D eigenvalue weighted by molar-refractivity contribution is -0.115. The number of ether oxygens (including phenoxy) is 1. The van der Waals surface area contributed by atoms with Gasteiger partial charge in [0.05, 0.1) is 16.1 Å². The van der Waals surface area contributed by atoms with Crippen molar-refractivity contribution in [2.75, 3.05) is 17.2 Å². The summed E-state index contributed by atoms with van der Waals surface area (Å²) in [4.78, 5) is 16.5. The van der Waals surface area contributed by atoms with Gasteiger partial charge in [0.2, 0.25) is 21.9 Å². The van der Waals surface area contributed by atoms with Crippen LogP contribution >= 0.6 is 0 Å². The van der Waals surface area contributed by atoms with E-state index in [1.54, 1.807) is 0 Å². The number of fused-ring (bicyclic) bond motifs is 1. The van der Waals surface area contributed by atoms with E-state index in [1.165, 1.54) is 54.7 Å². The number of aromatic nitrogens is 4. The Balaban J connectivity index is 1.62. The number of halogens is 5. The number of hydrogen-bond donors (Lipinski definition) is 3. The molecule has 0 aliphatic carbocycles. The van der Waals surface area contributed by atoms with Crippen LogP contribution in [0.15, 0.2) is 59.6 Å². The molecule has 200 valence electrons. The molecule has 0 spiro atoms. The molecule has 0 atom stereocenters. The second kappa shape index (κ2) is 10.7. The molecule has 4 aromatic rings. The molecular weight excluding hydrogens is 537 g/mol. The van der Waals surface area contributed by atoms with Crippen molar-refractivity contribution in [3.8, 4) is 17.1 Å². The number of anilines is 2. The summed E-state index contributed by atoms with van der Waals surface area (Å²) in [5.74, 6) is -0.523. The molecule has 0 radical (unpaired) electrons. The topological polar surface area (TPSA) is 145 Å². The molecule has 0 aliphatic rings. The average molecular weight is 555 g/mol. The SMILES string of the molecule is NS(=O)(=O)c1ccc(CNc2nc(NCC(F)(F)F)c3nc(-c4ccc(OC(F)F)nc4)ccc3n2)cc1. The van der Waals surface area contributed by atoms with Crippen LogP contribution in [0.3, 0.4) is 0 Å². The van der Waals surface area contributed by atoms with Crippen LogP contribution in [0.5, 0.6) is 5.88 Å². The van der Waals surface area contributed by atoms with Gasteiger partial charge in [-0.25, -0.2) is 28.5 Å². The molecule has 4 N–H and O–H groups in total. The van der Waals surface area contributed by atoms with Crippen LogP contribution in [0.1, 0.15) is 5.56 Å². The third-order valence-corrected chi connectivity index (χ3v) is 5.87. The Labute approximate surface area is 212 Å². The highest BCUT2D eigenvalue weighted by Gasteiger charge is 2.27. The van der Waals surface area contributed by atoms with E-state index in [0.29, 0.717) is 11.1 Å². The van der Waals surface area contributed by atoms with E-state index in [9.17, 15) is 30.4 Å². The molecule has 0 amide bonds. The van der Waals surface area contributed by atoms with Crippen molar-refractivity contribution in [1.82, 2.24) is 19.9 Å². The molecule has 0 unspecified atom stereocenters. The van der Waals surface area contributed by atoms with Gasteiger partial charge in [-0.15, -0.1) is 0 Å². The van der Waals surface area contributed by atoms with Gasteiger partial charge in [-0.2, -0.15) is 26.9 Å². The number of benzene rings is 1.